The average Bonchev–Trinajstić information content (AvgIpc) is 2.29. The standard InChI is InChI=1S/C11H16ClNO3S/c1-4-16-11-6-5-10(7-9(11)8-12)17(14,15)13(2)3/h5-7H,4,8H2,1-3H3. The average molecular weight is 278 g/mol. The van der Waals surface area contributed by atoms with Gasteiger partial charge in [-0.3, -0.25) is 0 Å². The van der Waals surface area contributed by atoms with Crippen molar-refractivity contribution in [3.8, 4) is 5.75 Å². The Kier molecular flexibility index (Phi) is 4.80. The molecule has 0 aliphatic carbocycles. The highest BCUT2D eigenvalue weighted by molar-refractivity contribution is 7.89. The fourth-order valence-corrected chi connectivity index (χ4v) is 2.49. The van der Waals surface area contributed by atoms with Gasteiger partial charge in [-0.2, -0.15) is 0 Å². The summed E-state index contributed by atoms with van der Waals surface area (Å²) in [7, 11) is -0.438. The van der Waals surface area contributed by atoms with Crippen molar-refractivity contribution in [2.45, 2.75) is 17.7 Å². The molecule has 0 spiro atoms. The van der Waals surface area contributed by atoms with Crippen LogP contribution in [0.4, 0.5) is 0 Å². The molecule has 0 atom stereocenters. The normalized spacial score (nSPS) is 11.8. The lowest BCUT2D eigenvalue weighted by atomic mass is 10.2. The van der Waals surface area contributed by atoms with Crippen molar-refractivity contribution in [3.63, 3.8) is 0 Å². The van der Waals surface area contributed by atoms with E-state index in [9.17, 15) is 8.42 Å². The highest BCUT2D eigenvalue weighted by Crippen LogP contribution is 2.25. The topological polar surface area (TPSA) is 46.6 Å². The van der Waals surface area contributed by atoms with Crippen LogP contribution in [0.25, 0.3) is 0 Å². The molecule has 1 aromatic rings. The summed E-state index contributed by atoms with van der Waals surface area (Å²) < 4.78 is 30.4. The summed E-state index contributed by atoms with van der Waals surface area (Å²) >= 11 is 5.78. The maximum absolute atomic E-state index is 11.9. The van der Waals surface area contributed by atoms with Gasteiger partial charge in [0.1, 0.15) is 5.75 Å². The van der Waals surface area contributed by atoms with Crippen LogP contribution in [0.1, 0.15) is 12.5 Å². The zero-order valence-electron chi connectivity index (χ0n) is 10.1. The minimum atomic E-state index is -3.42. The third-order valence-electron chi connectivity index (χ3n) is 2.25. The van der Waals surface area contributed by atoms with E-state index in [1.54, 1.807) is 12.1 Å². The molecule has 1 rings (SSSR count). The first-order chi connectivity index (χ1) is 7.93. The predicted octanol–water partition coefficient (Wildman–Crippen LogP) is 2.07. The number of sulfonamides is 1. The van der Waals surface area contributed by atoms with E-state index in [2.05, 4.69) is 0 Å². The Balaban J connectivity index is 3.23. The smallest absolute Gasteiger partial charge is 0.242 e. The predicted molar refractivity (Wildman–Crippen MR) is 68.0 cm³/mol. The van der Waals surface area contributed by atoms with Crippen molar-refractivity contribution < 1.29 is 13.2 Å². The molecule has 17 heavy (non-hydrogen) atoms. The summed E-state index contributed by atoms with van der Waals surface area (Å²) in [5.74, 6) is 0.840. The van der Waals surface area contributed by atoms with Crippen molar-refractivity contribution in [2.75, 3.05) is 20.7 Å². The maximum atomic E-state index is 11.9. The lowest BCUT2D eigenvalue weighted by molar-refractivity contribution is 0.337. The number of halogens is 1. The van der Waals surface area contributed by atoms with E-state index in [-0.39, 0.29) is 10.8 Å². The first-order valence-electron chi connectivity index (χ1n) is 5.17. The Morgan fingerprint density at radius 3 is 2.47 bits per heavy atom. The first kappa shape index (κ1) is 14.3. The second kappa shape index (κ2) is 5.71. The molecule has 1 aromatic carbocycles. The first-order valence-corrected chi connectivity index (χ1v) is 7.15. The van der Waals surface area contributed by atoms with Gasteiger partial charge in [0, 0.05) is 19.7 Å². The minimum Gasteiger partial charge on any atom is -0.494 e. The number of hydrogen-bond donors (Lipinski definition) is 0. The van der Waals surface area contributed by atoms with Gasteiger partial charge in [-0.1, -0.05) is 0 Å². The quantitative estimate of drug-likeness (QED) is 0.774. The highest BCUT2D eigenvalue weighted by atomic mass is 35.5. The van der Waals surface area contributed by atoms with Gasteiger partial charge in [-0.15, -0.1) is 11.6 Å². The summed E-state index contributed by atoms with van der Waals surface area (Å²) in [6, 6.07) is 4.71. The molecule has 0 unspecified atom stereocenters. The molecule has 0 saturated heterocycles. The summed E-state index contributed by atoms with van der Waals surface area (Å²) in [6.45, 7) is 2.38. The zero-order valence-corrected chi connectivity index (χ0v) is 11.7. The second-order valence-electron chi connectivity index (χ2n) is 3.62. The van der Waals surface area contributed by atoms with Crippen LogP contribution in [0, 0.1) is 0 Å². The minimum absolute atomic E-state index is 0.214. The maximum Gasteiger partial charge on any atom is 0.242 e. The van der Waals surface area contributed by atoms with Gasteiger partial charge in [-0.05, 0) is 25.1 Å². The largest absolute Gasteiger partial charge is 0.494 e. The molecule has 0 aliphatic rings. The molecule has 4 nitrogen and oxygen atoms in total. The number of hydrogen-bond acceptors (Lipinski definition) is 3. The van der Waals surface area contributed by atoms with E-state index in [4.69, 9.17) is 16.3 Å². The van der Waals surface area contributed by atoms with Crippen molar-refractivity contribution in [1.29, 1.82) is 0 Å². The fraction of sp³-hybridized carbons (Fsp3) is 0.455. The molecule has 0 heterocycles. The van der Waals surface area contributed by atoms with Crippen LogP contribution < -0.4 is 4.74 Å². The summed E-state index contributed by atoms with van der Waals surface area (Å²) in [5, 5.41) is 0. The number of rotatable bonds is 5. The van der Waals surface area contributed by atoms with E-state index < -0.39 is 10.0 Å². The number of ether oxygens (including phenoxy) is 1. The Hall–Kier alpha value is -0.780. The number of benzene rings is 1. The lowest BCUT2D eigenvalue weighted by Crippen LogP contribution is -2.22. The van der Waals surface area contributed by atoms with Gasteiger partial charge in [0.25, 0.3) is 0 Å². The molecule has 0 N–H and O–H groups in total. The molecule has 0 aliphatic heterocycles. The molecular formula is C11H16ClNO3S. The summed E-state index contributed by atoms with van der Waals surface area (Å²) in [6.07, 6.45) is 0. The summed E-state index contributed by atoms with van der Waals surface area (Å²) in [4.78, 5) is 0.224. The SMILES string of the molecule is CCOc1ccc(S(=O)(=O)N(C)C)cc1CCl. The molecular weight excluding hydrogens is 262 g/mol. The Labute approximate surface area is 107 Å². The molecule has 6 heteroatoms. The molecule has 0 aromatic heterocycles. The van der Waals surface area contributed by atoms with Crippen LogP contribution >= 0.6 is 11.6 Å². The van der Waals surface area contributed by atoms with E-state index in [1.807, 2.05) is 6.92 Å². The van der Waals surface area contributed by atoms with Gasteiger partial charge in [0.2, 0.25) is 10.0 Å². The molecule has 0 fully saturated rings. The molecule has 0 amide bonds. The summed E-state index contributed by atoms with van der Waals surface area (Å²) in [5.41, 5.74) is 0.677. The van der Waals surface area contributed by atoms with Crippen LogP contribution in [-0.4, -0.2) is 33.4 Å². The van der Waals surface area contributed by atoms with Crippen LogP contribution in [0.15, 0.2) is 23.1 Å². The molecule has 0 radical (unpaired) electrons. The Bertz CT molecular complexity index is 485. The Morgan fingerprint density at radius 1 is 1.35 bits per heavy atom. The van der Waals surface area contributed by atoms with Crippen LogP contribution in [0.5, 0.6) is 5.75 Å². The van der Waals surface area contributed by atoms with Crippen LogP contribution in [-0.2, 0) is 15.9 Å². The van der Waals surface area contributed by atoms with Gasteiger partial charge in [0.15, 0.2) is 0 Å². The van der Waals surface area contributed by atoms with Crippen molar-refractivity contribution in [3.05, 3.63) is 23.8 Å². The van der Waals surface area contributed by atoms with Gasteiger partial charge in [-0.25, -0.2) is 12.7 Å². The van der Waals surface area contributed by atoms with Gasteiger partial charge < -0.3 is 4.74 Å². The zero-order chi connectivity index (χ0) is 13.1. The van der Waals surface area contributed by atoms with Crippen molar-refractivity contribution in [2.24, 2.45) is 0 Å². The number of nitrogens with zero attached hydrogens (tertiary/aromatic N) is 1. The van der Waals surface area contributed by atoms with Crippen LogP contribution in [0.3, 0.4) is 0 Å². The van der Waals surface area contributed by atoms with E-state index in [1.165, 1.54) is 24.5 Å². The molecule has 96 valence electrons. The van der Waals surface area contributed by atoms with E-state index in [0.29, 0.717) is 17.9 Å². The van der Waals surface area contributed by atoms with Crippen molar-refractivity contribution in [1.82, 2.24) is 4.31 Å². The Morgan fingerprint density at radius 2 is 2.00 bits per heavy atom. The van der Waals surface area contributed by atoms with E-state index in [0.717, 1.165) is 0 Å². The van der Waals surface area contributed by atoms with E-state index >= 15 is 0 Å². The third kappa shape index (κ3) is 3.12. The monoisotopic (exact) mass is 277 g/mol. The number of alkyl halides is 1. The second-order valence-corrected chi connectivity index (χ2v) is 6.04. The van der Waals surface area contributed by atoms with Crippen LogP contribution in [0.2, 0.25) is 0 Å². The van der Waals surface area contributed by atoms with Gasteiger partial charge in [0.05, 0.1) is 17.4 Å². The fourth-order valence-electron chi connectivity index (χ4n) is 1.33. The third-order valence-corrected chi connectivity index (χ3v) is 4.35. The lowest BCUT2D eigenvalue weighted by Gasteiger charge is -2.14. The highest BCUT2D eigenvalue weighted by Gasteiger charge is 2.18. The molecule has 0 bridgehead atoms. The van der Waals surface area contributed by atoms with Crippen molar-refractivity contribution >= 4 is 21.6 Å². The van der Waals surface area contributed by atoms with Gasteiger partial charge >= 0.3 is 0 Å². The molecule has 0 saturated carbocycles.